The van der Waals surface area contributed by atoms with E-state index < -0.39 is 10.0 Å². The molecule has 2 rings (SSSR count). The highest BCUT2D eigenvalue weighted by Crippen LogP contribution is 2.25. The summed E-state index contributed by atoms with van der Waals surface area (Å²) in [5, 5.41) is 16.7. The van der Waals surface area contributed by atoms with Gasteiger partial charge in [-0.25, -0.2) is 13.6 Å². The van der Waals surface area contributed by atoms with Crippen LogP contribution in [0.5, 0.6) is 0 Å². The summed E-state index contributed by atoms with van der Waals surface area (Å²) in [6.45, 7) is 3.49. The molecule has 0 atom stereocenters. The summed E-state index contributed by atoms with van der Waals surface area (Å²) in [6, 6.07) is 5.77. The van der Waals surface area contributed by atoms with Crippen LogP contribution in [-0.2, 0) is 10.0 Å². The number of sulfonamides is 1. The molecule has 0 saturated carbocycles. The van der Waals surface area contributed by atoms with E-state index in [-0.39, 0.29) is 4.90 Å². The molecule has 2 N–H and O–H groups in total. The molecule has 100 valence electrons. The molecule has 0 fully saturated rings. The van der Waals surface area contributed by atoms with Gasteiger partial charge in [-0.3, -0.25) is 0 Å². The summed E-state index contributed by atoms with van der Waals surface area (Å²) < 4.78 is 27.1. The molecule has 1 heterocycles. The van der Waals surface area contributed by atoms with Crippen molar-refractivity contribution in [2.24, 2.45) is 15.4 Å². The summed E-state index contributed by atoms with van der Waals surface area (Å²) in [4.78, 5) is 0.0313. The molecule has 2 aromatic rings. The van der Waals surface area contributed by atoms with Gasteiger partial charge in [0.25, 0.3) is 0 Å². The smallest absolute Gasteiger partial charge is 0.238 e. The quantitative estimate of drug-likeness (QED) is 0.869. The maximum Gasteiger partial charge on any atom is 0.238 e. The average Bonchev–Trinajstić information content (AvgIpc) is 2.66. The first-order valence-corrected chi connectivity index (χ1v) is 6.90. The number of hydrogen-bond donors (Lipinski definition) is 1. The third-order valence-corrected chi connectivity index (χ3v) is 3.36. The lowest BCUT2D eigenvalue weighted by atomic mass is 10.3. The Morgan fingerprint density at radius 1 is 1.16 bits per heavy atom. The molecule has 0 aliphatic carbocycles. The van der Waals surface area contributed by atoms with Crippen molar-refractivity contribution in [1.82, 2.24) is 5.16 Å². The Morgan fingerprint density at radius 3 is 2.26 bits per heavy atom. The Labute approximate surface area is 110 Å². The standard InChI is InChI=1S/C11H12N4O3S/c1-7-11(8(2)18-15-7)14-13-9-3-5-10(6-4-9)19(12,16)17/h3-6H,1-2H3,(H2,12,16,17). The molecule has 0 radical (unpaired) electrons. The number of aryl methyl sites for hydroxylation is 2. The fourth-order valence-electron chi connectivity index (χ4n) is 1.43. The number of benzene rings is 1. The number of aromatic nitrogens is 1. The summed E-state index contributed by atoms with van der Waals surface area (Å²) >= 11 is 0. The second-order valence-corrected chi connectivity index (χ2v) is 5.47. The van der Waals surface area contributed by atoms with Gasteiger partial charge in [0.2, 0.25) is 10.0 Å². The predicted octanol–water partition coefficient (Wildman–Crippen LogP) is 2.35. The lowest BCUT2D eigenvalue weighted by molar-refractivity contribution is 0.393. The van der Waals surface area contributed by atoms with E-state index >= 15 is 0 Å². The van der Waals surface area contributed by atoms with Crippen LogP contribution in [0, 0.1) is 13.8 Å². The monoisotopic (exact) mass is 280 g/mol. The zero-order valence-electron chi connectivity index (χ0n) is 10.4. The second-order valence-electron chi connectivity index (χ2n) is 3.91. The van der Waals surface area contributed by atoms with Gasteiger partial charge < -0.3 is 4.52 Å². The lowest BCUT2D eigenvalue weighted by Gasteiger charge is -1.97. The Balaban J connectivity index is 2.25. The molecule has 0 saturated heterocycles. The number of azo groups is 1. The van der Waals surface area contributed by atoms with Gasteiger partial charge >= 0.3 is 0 Å². The average molecular weight is 280 g/mol. The summed E-state index contributed by atoms with van der Waals surface area (Å²) in [5.41, 5.74) is 1.71. The molecule has 1 aromatic heterocycles. The van der Waals surface area contributed by atoms with Crippen LogP contribution in [0.2, 0.25) is 0 Å². The van der Waals surface area contributed by atoms with Crippen molar-refractivity contribution in [1.29, 1.82) is 0 Å². The van der Waals surface area contributed by atoms with Gasteiger partial charge in [0.1, 0.15) is 5.69 Å². The highest BCUT2D eigenvalue weighted by molar-refractivity contribution is 7.89. The van der Waals surface area contributed by atoms with Gasteiger partial charge in [-0.1, -0.05) is 5.16 Å². The molecule has 8 heteroatoms. The van der Waals surface area contributed by atoms with Crippen molar-refractivity contribution in [2.75, 3.05) is 0 Å². The van der Waals surface area contributed by atoms with Gasteiger partial charge in [-0.2, -0.15) is 5.11 Å². The van der Waals surface area contributed by atoms with Gasteiger partial charge in [0, 0.05) is 0 Å². The fraction of sp³-hybridized carbons (Fsp3) is 0.182. The lowest BCUT2D eigenvalue weighted by Crippen LogP contribution is -2.11. The van der Waals surface area contributed by atoms with Crippen molar-refractivity contribution in [3.63, 3.8) is 0 Å². The van der Waals surface area contributed by atoms with Crippen LogP contribution in [0.3, 0.4) is 0 Å². The zero-order valence-corrected chi connectivity index (χ0v) is 11.2. The second kappa shape index (κ2) is 4.90. The third-order valence-electron chi connectivity index (χ3n) is 2.43. The van der Waals surface area contributed by atoms with Gasteiger partial charge in [-0.05, 0) is 38.1 Å². The summed E-state index contributed by atoms with van der Waals surface area (Å²) in [5.74, 6) is 0.572. The van der Waals surface area contributed by atoms with E-state index in [2.05, 4.69) is 15.4 Å². The van der Waals surface area contributed by atoms with E-state index in [4.69, 9.17) is 9.66 Å². The molecule has 0 aliphatic heterocycles. The van der Waals surface area contributed by atoms with Crippen molar-refractivity contribution in [3.8, 4) is 0 Å². The van der Waals surface area contributed by atoms with E-state index in [9.17, 15) is 8.42 Å². The number of hydrogen-bond acceptors (Lipinski definition) is 6. The Bertz CT molecular complexity index is 697. The third kappa shape index (κ3) is 3.04. The van der Waals surface area contributed by atoms with E-state index in [1.165, 1.54) is 24.3 Å². The Hall–Kier alpha value is -2.06. The molecular weight excluding hydrogens is 268 g/mol. The molecule has 7 nitrogen and oxygen atoms in total. The first-order valence-electron chi connectivity index (χ1n) is 5.35. The first kappa shape index (κ1) is 13.4. The predicted molar refractivity (Wildman–Crippen MR) is 68.0 cm³/mol. The Morgan fingerprint density at radius 2 is 1.79 bits per heavy atom. The van der Waals surface area contributed by atoms with Crippen LogP contribution >= 0.6 is 0 Å². The maximum atomic E-state index is 11.1. The highest BCUT2D eigenvalue weighted by atomic mass is 32.2. The molecule has 0 bridgehead atoms. The minimum atomic E-state index is -3.69. The molecule has 0 amide bonds. The normalized spacial score (nSPS) is 12.2. The number of nitrogens with zero attached hydrogens (tertiary/aromatic N) is 3. The maximum absolute atomic E-state index is 11.1. The number of rotatable bonds is 3. The Kier molecular flexibility index (Phi) is 3.45. The molecule has 1 aromatic carbocycles. The zero-order chi connectivity index (χ0) is 14.0. The molecule has 19 heavy (non-hydrogen) atoms. The van der Waals surface area contributed by atoms with Crippen molar-refractivity contribution < 1.29 is 12.9 Å². The van der Waals surface area contributed by atoms with Crippen LogP contribution in [0.1, 0.15) is 11.5 Å². The van der Waals surface area contributed by atoms with E-state index in [0.717, 1.165) is 0 Å². The number of primary sulfonamides is 1. The van der Waals surface area contributed by atoms with Crippen molar-refractivity contribution in [2.45, 2.75) is 18.7 Å². The van der Waals surface area contributed by atoms with E-state index in [1.54, 1.807) is 13.8 Å². The fourth-order valence-corrected chi connectivity index (χ4v) is 1.95. The topological polar surface area (TPSA) is 111 Å². The molecule has 0 unspecified atom stereocenters. The van der Waals surface area contributed by atoms with Crippen molar-refractivity contribution in [3.05, 3.63) is 35.7 Å². The molecular formula is C11H12N4O3S. The van der Waals surface area contributed by atoms with Crippen molar-refractivity contribution >= 4 is 21.4 Å². The summed E-state index contributed by atoms with van der Waals surface area (Å²) in [6.07, 6.45) is 0. The molecule has 0 spiro atoms. The SMILES string of the molecule is Cc1noc(C)c1N=Nc1ccc(S(N)(=O)=O)cc1. The minimum Gasteiger partial charge on any atom is -0.359 e. The van der Waals surface area contributed by atoms with Crippen LogP contribution in [0.15, 0.2) is 43.9 Å². The van der Waals surface area contributed by atoms with Crippen LogP contribution in [-0.4, -0.2) is 13.6 Å². The van der Waals surface area contributed by atoms with E-state index in [0.29, 0.717) is 22.8 Å². The van der Waals surface area contributed by atoms with Crippen LogP contribution in [0.25, 0.3) is 0 Å². The van der Waals surface area contributed by atoms with Gasteiger partial charge in [-0.15, -0.1) is 5.11 Å². The minimum absolute atomic E-state index is 0.0313. The van der Waals surface area contributed by atoms with Gasteiger partial charge in [0.15, 0.2) is 11.4 Å². The highest BCUT2D eigenvalue weighted by Gasteiger charge is 2.08. The van der Waals surface area contributed by atoms with Crippen LogP contribution in [0.4, 0.5) is 11.4 Å². The van der Waals surface area contributed by atoms with E-state index in [1.807, 2.05) is 0 Å². The summed E-state index contributed by atoms with van der Waals surface area (Å²) in [7, 11) is -3.69. The van der Waals surface area contributed by atoms with Crippen LogP contribution < -0.4 is 5.14 Å². The molecule has 0 aliphatic rings. The number of nitrogens with two attached hydrogens (primary N) is 1. The first-order chi connectivity index (χ1) is 8.88. The van der Waals surface area contributed by atoms with Gasteiger partial charge in [0.05, 0.1) is 10.6 Å². The largest absolute Gasteiger partial charge is 0.359 e.